The number of nitrogens with one attached hydrogen (secondary N) is 1. The number of H-pyrrole nitrogens is 1. The van der Waals surface area contributed by atoms with E-state index in [1.807, 2.05) is 33.2 Å². The highest BCUT2D eigenvalue weighted by atomic mass is 127. The number of fused-ring (bicyclic) bond motifs is 1. The molecule has 3 rings (SSSR count). The summed E-state index contributed by atoms with van der Waals surface area (Å²) in [5, 5.41) is 0. The molecule has 1 aliphatic carbocycles. The number of hydrogen-bond donors (Lipinski definition) is 1. The van der Waals surface area contributed by atoms with E-state index < -0.39 is 0 Å². The van der Waals surface area contributed by atoms with Gasteiger partial charge >= 0.3 is 0 Å². The van der Waals surface area contributed by atoms with E-state index in [-0.39, 0.29) is 5.82 Å². The number of aromatic nitrogens is 2. The largest absolute Gasteiger partial charge is 0.331 e. The van der Waals surface area contributed by atoms with E-state index in [2.05, 4.69) is 4.98 Å². The predicted molar refractivity (Wildman–Crippen MR) is 77.1 cm³/mol. The topological polar surface area (TPSA) is 20.7 Å². The van der Waals surface area contributed by atoms with Gasteiger partial charge in [-0.3, -0.25) is 0 Å². The van der Waals surface area contributed by atoms with Crippen molar-refractivity contribution in [1.82, 2.24) is 9.55 Å². The first-order valence-corrected chi connectivity index (χ1v) is 7.21. The van der Waals surface area contributed by atoms with E-state index in [1.54, 1.807) is 6.07 Å². The van der Waals surface area contributed by atoms with Crippen LogP contribution in [0.4, 0.5) is 4.39 Å². The second-order valence-electron chi connectivity index (χ2n) is 4.60. The minimum absolute atomic E-state index is 0.174. The van der Waals surface area contributed by atoms with Crippen molar-refractivity contribution in [2.45, 2.75) is 25.8 Å². The first kappa shape index (κ1) is 11.6. The van der Waals surface area contributed by atoms with Crippen LogP contribution in [0.2, 0.25) is 0 Å². The maximum atomic E-state index is 13.6. The third-order valence-corrected chi connectivity index (χ3v) is 4.42. The average Bonchev–Trinajstić information content (AvgIpc) is 3.04. The van der Waals surface area contributed by atoms with Gasteiger partial charge in [0.05, 0.1) is 14.6 Å². The highest BCUT2D eigenvalue weighted by Crippen LogP contribution is 2.33. The Morgan fingerprint density at radius 3 is 2.94 bits per heavy atom. The second-order valence-corrected chi connectivity index (χ2v) is 6.15. The second kappa shape index (κ2) is 4.35. The van der Waals surface area contributed by atoms with Crippen molar-refractivity contribution < 1.29 is 4.39 Å². The SMILES string of the molecule is Fc1cc2c(cc1I)[nH]c(=S)n2CCC1CC1. The molecular formula is C12H12FIN2S. The van der Waals surface area contributed by atoms with Gasteiger partial charge in [-0.15, -0.1) is 0 Å². The van der Waals surface area contributed by atoms with Crippen LogP contribution < -0.4 is 0 Å². The quantitative estimate of drug-likeness (QED) is 0.640. The summed E-state index contributed by atoms with van der Waals surface area (Å²) in [5.41, 5.74) is 1.81. The Hall–Kier alpha value is -0.430. The van der Waals surface area contributed by atoms with Gasteiger partial charge in [0, 0.05) is 12.6 Å². The standard InChI is InChI=1S/C12H12FIN2S/c13-8-5-11-10(6-9(8)14)15-12(17)16(11)4-3-7-1-2-7/h5-7H,1-4H2,(H,15,17). The number of benzene rings is 1. The molecule has 5 heteroatoms. The zero-order valence-electron chi connectivity index (χ0n) is 9.17. The summed E-state index contributed by atoms with van der Waals surface area (Å²) in [6.07, 6.45) is 3.82. The van der Waals surface area contributed by atoms with Crippen molar-refractivity contribution in [2.75, 3.05) is 0 Å². The van der Waals surface area contributed by atoms with Crippen LogP contribution in [0.1, 0.15) is 19.3 Å². The molecule has 2 nitrogen and oxygen atoms in total. The van der Waals surface area contributed by atoms with Gasteiger partial charge < -0.3 is 9.55 Å². The summed E-state index contributed by atoms with van der Waals surface area (Å²) in [7, 11) is 0. The molecule has 1 aromatic carbocycles. The van der Waals surface area contributed by atoms with Crippen LogP contribution in [0.5, 0.6) is 0 Å². The van der Waals surface area contributed by atoms with Gasteiger partial charge in [0.2, 0.25) is 0 Å². The number of rotatable bonds is 3. The molecule has 0 radical (unpaired) electrons. The summed E-state index contributed by atoms with van der Waals surface area (Å²) in [6.45, 7) is 0.892. The molecule has 0 bridgehead atoms. The smallest absolute Gasteiger partial charge is 0.178 e. The molecule has 1 saturated carbocycles. The van der Waals surface area contributed by atoms with Crippen molar-refractivity contribution in [1.29, 1.82) is 0 Å². The molecular weight excluding hydrogens is 350 g/mol. The Kier molecular flexibility index (Phi) is 2.98. The van der Waals surface area contributed by atoms with Crippen LogP contribution in [0.3, 0.4) is 0 Å². The zero-order valence-corrected chi connectivity index (χ0v) is 12.1. The van der Waals surface area contributed by atoms with E-state index in [0.717, 1.165) is 29.9 Å². The maximum absolute atomic E-state index is 13.6. The highest BCUT2D eigenvalue weighted by molar-refractivity contribution is 14.1. The zero-order chi connectivity index (χ0) is 12.0. The third-order valence-electron chi connectivity index (χ3n) is 3.27. The monoisotopic (exact) mass is 362 g/mol. The molecule has 1 aromatic heterocycles. The molecule has 17 heavy (non-hydrogen) atoms. The molecule has 0 amide bonds. The predicted octanol–water partition coefficient (Wildman–Crippen LogP) is 4.24. The first-order chi connectivity index (χ1) is 8.15. The van der Waals surface area contributed by atoms with E-state index in [4.69, 9.17) is 12.2 Å². The van der Waals surface area contributed by atoms with Crippen molar-refractivity contribution in [3.63, 3.8) is 0 Å². The van der Waals surface area contributed by atoms with Gasteiger partial charge in [0.25, 0.3) is 0 Å². The van der Waals surface area contributed by atoms with E-state index in [9.17, 15) is 4.39 Å². The summed E-state index contributed by atoms with van der Waals surface area (Å²) in [6, 6.07) is 3.39. The van der Waals surface area contributed by atoms with Gasteiger partial charge in [0.15, 0.2) is 4.77 Å². The summed E-state index contributed by atoms with van der Waals surface area (Å²) in [5.74, 6) is 0.683. The van der Waals surface area contributed by atoms with E-state index in [0.29, 0.717) is 8.34 Å². The summed E-state index contributed by atoms with van der Waals surface area (Å²) < 4.78 is 16.9. The molecule has 1 N–H and O–H groups in total. The third kappa shape index (κ3) is 2.27. The molecule has 2 aromatic rings. The lowest BCUT2D eigenvalue weighted by molar-refractivity contribution is 0.598. The number of halogens is 2. The van der Waals surface area contributed by atoms with Gasteiger partial charge in [-0.05, 0) is 53.2 Å². The van der Waals surface area contributed by atoms with Crippen LogP contribution in [0.25, 0.3) is 11.0 Å². The van der Waals surface area contributed by atoms with Crippen LogP contribution in [-0.2, 0) is 6.54 Å². The lowest BCUT2D eigenvalue weighted by atomic mass is 10.2. The lowest BCUT2D eigenvalue weighted by Gasteiger charge is -2.04. The minimum atomic E-state index is -0.174. The molecule has 0 unspecified atom stereocenters. The number of nitrogens with zero attached hydrogens (tertiary/aromatic N) is 1. The fraction of sp³-hybridized carbons (Fsp3) is 0.417. The molecule has 0 spiro atoms. The Balaban J connectivity index is 2.05. The van der Waals surface area contributed by atoms with Gasteiger partial charge in [0.1, 0.15) is 5.82 Å². The number of imidazole rings is 1. The molecule has 1 heterocycles. The van der Waals surface area contributed by atoms with E-state index in [1.165, 1.54) is 12.8 Å². The van der Waals surface area contributed by atoms with Gasteiger partial charge in [-0.25, -0.2) is 4.39 Å². The Labute approximate surface area is 117 Å². The van der Waals surface area contributed by atoms with Crippen molar-refractivity contribution in [3.05, 3.63) is 26.3 Å². The molecule has 0 saturated heterocycles. The average molecular weight is 362 g/mol. The summed E-state index contributed by atoms with van der Waals surface area (Å²) >= 11 is 7.29. The molecule has 1 aliphatic rings. The first-order valence-electron chi connectivity index (χ1n) is 5.72. The lowest BCUT2D eigenvalue weighted by Crippen LogP contribution is -1.99. The Morgan fingerprint density at radius 1 is 1.47 bits per heavy atom. The Morgan fingerprint density at radius 2 is 2.24 bits per heavy atom. The van der Waals surface area contributed by atoms with Crippen LogP contribution in [-0.4, -0.2) is 9.55 Å². The van der Waals surface area contributed by atoms with Gasteiger partial charge in [-0.1, -0.05) is 12.8 Å². The fourth-order valence-corrected chi connectivity index (χ4v) is 2.86. The van der Waals surface area contributed by atoms with Crippen LogP contribution in [0, 0.1) is 20.1 Å². The van der Waals surface area contributed by atoms with E-state index >= 15 is 0 Å². The van der Waals surface area contributed by atoms with Crippen LogP contribution >= 0.6 is 34.8 Å². The summed E-state index contributed by atoms with van der Waals surface area (Å²) in [4.78, 5) is 3.15. The minimum Gasteiger partial charge on any atom is -0.331 e. The van der Waals surface area contributed by atoms with Crippen molar-refractivity contribution >= 4 is 45.8 Å². The Bertz CT molecular complexity index is 627. The fourth-order valence-electron chi connectivity index (χ4n) is 2.09. The normalized spacial score (nSPS) is 15.6. The highest BCUT2D eigenvalue weighted by Gasteiger charge is 2.21. The number of aryl methyl sites for hydroxylation is 1. The van der Waals surface area contributed by atoms with Gasteiger partial charge in [-0.2, -0.15) is 0 Å². The molecule has 1 fully saturated rings. The van der Waals surface area contributed by atoms with Crippen molar-refractivity contribution in [2.24, 2.45) is 5.92 Å². The maximum Gasteiger partial charge on any atom is 0.178 e. The van der Waals surface area contributed by atoms with Crippen LogP contribution in [0.15, 0.2) is 12.1 Å². The molecule has 0 aliphatic heterocycles. The molecule has 90 valence electrons. The number of aromatic amines is 1. The number of hydrogen-bond acceptors (Lipinski definition) is 1. The molecule has 0 atom stereocenters. The van der Waals surface area contributed by atoms with Crippen molar-refractivity contribution in [3.8, 4) is 0 Å².